The number of hydrogen-bond donors (Lipinski definition) is 1. The molecule has 0 amide bonds. The van der Waals surface area contributed by atoms with E-state index in [-0.39, 0.29) is 6.04 Å². The van der Waals surface area contributed by atoms with E-state index < -0.39 is 0 Å². The van der Waals surface area contributed by atoms with Crippen molar-refractivity contribution < 1.29 is 4.74 Å². The second-order valence-corrected chi connectivity index (χ2v) is 5.21. The predicted octanol–water partition coefficient (Wildman–Crippen LogP) is 3.08. The number of hydrogen-bond acceptors (Lipinski definition) is 3. The normalized spacial score (nSPS) is 12.7. The molecule has 20 heavy (non-hydrogen) atoms. The summed E-state index contributed by atoms with van der Waals surface area (Å²) in [7, 11) is 1.65. The molecule has 4 heteroatoms. The Morgan fingerprint density at radius 3 is 2.30 bits per heavy atom. The lowest BCUT2D eigenvalue weighted by atomic mass is 9.98. The molecule has 0 fully saturated rings. The van der Waals surface area contributed by atoms with Crippen molar-refractivity contribution >= 4 is 0 Å². The Kier molecular flexibility index (Phi) is 4.45. The minimum Gasteiger partial charge on any atom is -0.493 e. The van der Waals surface area contributed by atoms with E-state index in [4.69, 9.17) is 10.5 Å². The van der Waals surface area contributed by atoms with Crippen LogP contribution in [0.5, 0.6) is 5.75 Å². The quantitative estimate of drug-likeness (QED) is 0.910. The van der Waals surface area contributed by atoms with Crippen molar-refractivity contribution in [1.29, 1.82) is 0 Å². The smallest absolute Gasteiger partial charge is 0.161 e. The molecule has 0 aliphatic rings. The minimum absolute atomic E-state index is 0.228. The molecule has 0 aliphatic heterocycles. The van der Waals surface area contributed by atoms with Crippen LogP contribution in [0.2, 0.25) is 0 Å². The lowest BCUT2D eigenvalue weighted by Crippen LogP contribution is -2.18. The summed E-state index contributed by atoms with van der Waals surface area (Å²) >= 11 is 0. The molecular weight excluding hydrogens is 250 g/mol. The van der Waals surface area contributed by atoms with Crippen LogP contribution in [0.4, 0.5) is 0 Å². The monoisotopic (exact) mass is 273 g/mol. The third kappa shape index (κ3) is 2.70. The maximum Gasteiger partial charge on any atom is 0.161 e. The summed E-state index contributed by atoms with van der Waals surface area (Å²) in [4.78, 5) is 0. The van der Waals surface area contributed by atoms with Gasteiger partial charge in [0.1, 0.15) is 5.69 Å². The minimum atomic E-state index is -0.228. The number of rotatable bonds is 5. The zero-order valence-electron chi connectivity index (χ0n) is 12.6. The molecule has 1 aromatic heterocycles. The summed E-state index contributed by atoms with van der Waals surface area (Å²) in [5.41, 5.74) is 9.71. The molecule has 2 rings (SSSR count). The lowest BCUT2D eigenvalue weighted by Gasteiger charge is -2.16. The third-order valence-electron chi connectivity index (χ3n) is 3.62. The highest BCUT2D eigenvalue weighted by Gasteiger charge is 2.19. The topological polar surface area (TPSA) is 53.1 Å². The van der Waals surface area contributed by atoms with Crippen molar-refractivity contribution in [2.45, 2.75) is 39.3 Å². The highest BCUT2D eigenvalue weighted by Crippen LogP contribution is 2.29. The molecule has 0 bridgehead atoms. The second-order valence-electron chi connectivity index (χ2n) is 5.21. The van der Waals surface area contributed by atoms with E-state index in [1.54, 1.807) is 13.3 Å². The highest BCUT2D eigenvalue weighted by molar-refractivity contribution is 5.37. The molecule has 4 nitrogen and oxygen atoms in total. The van der Waals surface area contributed by atoms with Gasteiger partial charge in [-0.3, -0.25) is 4.68 Å². The average Bonchev–Trinajstić information content (AvgIpc) is 2.89. The molecule has 1 aromatic carbocycles. The molecule has 2 N–H and O–H groups in total. The van der Waals surface area contributed by atoms with E-state index in [1.165, 1.54) is 5.56 Å². The Morgan fingerprint density at radius 2 is 1.80 bits per heavy atom. The van der Waals surface area contributed by atoms with Crippen molar-refractivity contribution in [2.75, 3.05) is 7.11 Å². The van der Waals surface area contributed by atoms with Crippen LogP contribution in [0.15, 0.2) is 30.5 Å². The molecule has 0 saturated carbocycles. The van der Waals surface area contributed by atoms with Crippen molar-refractivity contribution in [3.05, 3.63) is 47.3 Å². The van der Waals surface area contributed by atoms with E-state index in [1.807, 2.05) is 11.6 Å². The van der Waals surface area contributed by atoms with Gasteiger partial charge in [-0.1, -0.05) is 38.1 Å². The van der Waals surface area contributed by atoms with Gasteiger partial charge in [-0.2, -0.15) is 5.10 Å². The number of benzene rings is 1. The van der Waals surface area contributed by atoms with E-state index >= 15 is 0 Å². The van der Waals surface area contributed by atoms with E-state index in [2.05, 4.69) is 43.2 Å². The van der Waals surface area contributed by atoms with Crippen LogP contribution >= 0.6 is 0 Å². The molecule has 0 radical (unpaired) electrons. The van der Waals surface area contributed by atoms with Crippen LogP contribution in [0.25, 0.3) is 0 Å². The Bertz CT molecular complexity index is 536. The SMILES string of the molecule is CCn1ncc(OC)c1C(N)c1ccc(C(C)C)cc1. The molecule has 108 valence electrons. The van der Waals surface area contributed by atoms with Crippen molar-refractivity contribution in [2.24, 2.45) is 5.73 Å². The zero-order valence-corrected chi connectivity index (χ0v) is 12.6. The second kappa shape index (κ2) is 6.09. The number of nitrogens with zero attached hydrogens (tertiary/aromatic N) is 2. The molecule has 0 spiro atoms. The number of aromatic nitrogens is 2. The molecule has 1 heterocycles. The molecule has 1 unspecified atom stereocenters. The third-order valence-corrected chi connectivity index (χ3v) is 3.62. The number of aryl methyl sites for hydroxylation is 1. The van der Waals surface area contributed by atoms with Crippen LogP contribution in [-0.4, -0.2) is 16.9 Å². The first kappa shape index (κ1) is 14.6. The van der Waals surface area contributed by atoms with Gasteiger partial charge < -0.3 is 10.5 Å². The summed E-state index contributed by atoms with van der Waals surface area (Å²) < 4.78 is 7.26. The van der Waals surface area contributed by atoms with Gasteiger partial charge in [0.25, 0.3) is 0 Å². The van der Waals surface area contributed by atoms with Gasteiger partial charge in [0.2, 0.25) is 0 Å². The van der Waals surface area contributed by atoms with Crippen molar-refractivity contribution in [1.82, 2.24) is 9.78 Å². The van der Waals surface area contributed by atoms with Crippen LogP contribution in [-0.2, 0) is 6.54 Å². The van der Waals surface area contributed by atoms with Gasteiger partial charge in [0.15, 0.2) is 5.75 Å². The van der Waals surface area contributed by atoms with E-state index in [0.717, 1.165) is 23.6 Å². The Hall–Kier alpha value is -1.81. The molecule has 0 saturated heterocycles. The Labute approximate surface area is 120 Å². The summed E-state index contributed by atoms with van der Waals surface area (Å²) in [5, 5.41) is 4.31. The van der Waals surface area contributed by atoms with Crippen molar-refractivity contribution in [3.8, 4) is 5.75 Å². The Balaban J connectivity index is 2.35. The van der Waals surface area contributed by atoms with Crippen molar-refractivity contribution in [3.63, 3.8) is 0 Å². The fourth-order valence-electron chi connectivity index (χ4n) is 2.35. The van der Waals surface area contributed by atoms with E-state index in [0.29, 0.717) is 5.92 Å². The number of ether oxygens (including phenoxy) is 1. The predicted molar refractivity (Wildman–Crippen MR) is 81.0 cm³/mol. The molecule has 0 aliphatic carbocycles. The van der Waals surface area contributed by atoms with Gasteiger partial charge in [0, 0.05) is 6.54 Å². The average molecular weight is 273 g/mol. The summed E-state index contributed by atoms with van der Waals surface area (Å²) in [5.74, 6) is 1.27. The van der Waals surface area contributed by atoms with Crippen LogP contribution < -0.4 is 10.5 Å². The van der Waals surface area contributed by atoms with Gasteiger partial charge in [-0.15, -0.1) is 0 Å². The Morgan fingerprint density at radius 1 is 1.20 bits per heavy atom. The maximum absolute atomic E-state index is 6.40. The fraction of sp³-hybridized carbons (Fsp3) is 0.438. The van der Waals surface area contributed by atoms with Gasteiger partial charge >= 0.3 is 0 Å². The first-order valence-electron chi connectivity index (χ1n) is 7.03. The van der Waals surface area contributed by atoms with E-state index in [9.17, 15) is 0 Å². The standard InChI is InChI=1S/C16H23N3O/c1-5-19-16(14(20-4)10-18-19)15(17)13-8-6-12(7-9-13)11(2)3/h6-11,15H,5,17H2,1-4H3. The maximum atomic E-state index is 6.40. The summed E-state index contributed by atoms with van der Waals surface area (Å²) in [6.07, 6.45) is 1.72. The van der Waals surface area contributed by atoms with Crippen LogP contribution in [0.1, 0.15) is 49.6 Å². The van der Waals surface area contributed by atoms with Gasteiger partial charge in [0.05, 0.1) is 19.3 Å². The van der Waals surface area contributed by atoms with Crippen LogP contribution in [0.3, 0.4) is 0 Å². The molecular formula is C16H23N3O. The highest BCUT2D eigenvalue weighted by atomic mass is 16.5. The molecule has 2 aromatic rings. The summed E-state index contributed by atoms with van der Waals surface area (Å²) in [6, 6.07) is 8.23. The lowest BCUT2D eigenvalue weighted by molar-refractivity contribution is 0.404. The largest absolute Gasteiger partial charge is 0.493 e. The van der Waals surface area contributed by atoms with Crippen LogP contribution in [0, 0.1) is 0 Å². The molecule has 1 atom stereocenters. The zero-order chi connectivity index (χ0) is 14.7. The fourth-order valence-corrected chi connectivity index (χ4v) is 2.35. The number of methoxy groups -OCH3 is 1. The van der Waals surface area contributed by atoms with Gasteiger partial charge in [-0.05, 0) is 24.0 Å². The first-order valence-corrected chi connectivity index (χ1v) is 7.03. The van der Waals surface area contributed by atoms with Gasteiger partial charge in [-0.25, -0.2) is 0 Å². The first-order chi connectivity index (χ1) is 9.58. The number of nitrogens with two attached hydrogens (primary N) is 1. The summed E-state index contributed by atoms with van der Waals surface area (Å²) in [6.45, 7) is 7.19.